The Balaban J connectivity index is 1.91. The zero-order valence-electron chi connectivity index (χ0n) is 9.39. The van der Waals surface area contributed by atoms with Crippen molar-refractivity contribution in [2.75, 3.05) is 12.8 Å². The van der Waals surface area contributed by atoms with E-state index >= 15 is 0 Å². The molecule has 1 unspecified atom stereocenters. The fraction of sp³-hybridized carbons (Fsp3) is 0.727. The van der Waals surface area contributed by atoms with Crippen molar-refractivity contribution in [3.8, 4) is 0 Å². The maximum Gasteiger partial charge on any atom is 0.223 e. The van der Waals surface area contributed by atoms with Crippen LogP contribution in [0.5, 0.6) is 0 Å². The Labute approximate surface area is 94.5 Å². The van der Waals surface area contributed by atoms with Gasteiger partial charge in [0.05, 0.1) is 0 Å². The van der Waals surface area contributed by atoms with Gasteiger partial charge in [-0.1, -0.05) is 0 Å². The zero-order chi connectivity index (χ0) is 11.1. The first-order valence-electron chi connectivity index (χ1n) is 5.82. The average Bonchev–Trinajstić information content (AvgIpc) is 3.13. The standard InChI is InChI=1S/C11H16N4O/c1-16-8(6-2-3-6)10-13-9(7-4-5-7)14-11(12)15-10/h6-8H,2-5H2,1H3,(H2,12,13,14,15). The van der Waals surface area contributed by atoms with Gasteiger partial charge in [0.25, 0.3) is 0 Å². The molecule has 0 spiro atoms. The van der Waals surface area contributed by atoms with Gasteiger partial charge in [0.2, 0.25) is 5.95 Å². The molecule has 86 valence electrons. The van der Waals surface area contributed by atoms with Crippen LogP contribution >= 0.6 is 0 Å². The molecule has 0 aromatic carbocycles. The number of nitrogen functional groups attached to an aromatic ring is 1. The van der Waals surface area contributed by atoms with E-state index in [-0.39, 0.29) is 6.10 Å². The van der Waals surface area contributed by atoms with Crippen LogP contribution in [0.15, 0.2) is 0 Å². The first-order valence-corrected chi connectivity index (χ1v) is 5.82. The van der Waals surface area contributed by atoms with Gasteiger partial charge in [-0.15, -0.1) is 0 Å². The highest BCUT2D eigenvalue weighted by Gasteiger charge is 2.36. The molecule has 3 rings (SSSR count). The van der Waals surface area contributed by atoms with Crippen molar-refractivity contribution in [3.05, 3.63) is 11.6 Å². The average molecular weight is 220 g/mol. The molecule has 0 saturated heterocycles. The lowest BCUT2D eigenvalue weighted by molar-refractivity contribution is 0.0769. The summed E-state index contributed by atoms with van der Waals surface area (Å²) in [5.74, 6) is 2.97. The molecular formula is C11H16N4O. The number of nitrogens with two attached hydrogens (primary N) is 1. The summed E-state index contributed by atoms with van der Waals surface area (Å²) in [5, 5.41) is 0. The zero-order valence-corrected chi connectivity index (χ0v) is 9.39. The van der Waals surface area contributed by atoms with Crippen molar-refractivity contribution in [1.82, 2.24) is 15.0 Å². The van der Waals surface area contributed by atoms with Gasteiger partial charge in [-0.2, -0.15) is 9.97 Å². The number of nitrogens with zero attached hydrogens (tertiary/aromatic N) is 3. The van der Waals surface area contributed by atoms with Crippen molar-refractivity contribution >= 4 is 5.95 Å². The van der Waals surface area contributed by atoms with Crippen LogP contribution in [0.2, 0.25) is 0 Å². The number of anilines is 1. The first-order chi connectivity index (χ1) is 7.78. The predicted octanol–water partition coefficient (Wildman–Crippen LogP) is 1.43. The van der Waals surface area contributed by atoms with Crippen LogP contribution in [-0.4, -0.2) is 22.1 Å². The lowest BCUT2D eigenvalue weighted by Gasteiger charge is -2.13. The first kappa shape index (κ1) is 9.96. The summed E-state index contributed by atoms with van der Waals surface area (Å²) >= 11 is 0. The molecule has 5 heteroatoms. The van der Waals surface area contributed by atoms with Crippen LogP contribution in [0.4, 0.5) is 5.95 Å². The van der Waals surface area contributed by atoms with Crippen molar-refractivity contribution in [2.45, 2.75) is 37.7 Å². The quantitative estimate of drug-likeness (QED) is 0.830. The summed E-state index contributed by atoms with van der Waals surface area (Å²) in [6, 6.07) is 0. The fourth-order valence-electron chi connectivity index (χ4n) is 1.99. The number of aromatic nitrogens is 3. The second kappa shape index (κ2) is 3.66. The van der Waals surface area contributed by atoms with E-state index < -0.39 is 0 Å². The summed E-state index contributed by atoms with van der Waals surface area (Å²) in [7, 11) is 1.71. The van der Waals surface area contributed by atoms with Crippen molar-refractivity contribution < 1.29 is 4.74 Å². The van der Waals surface area contributed by atoms with Crippen molar-refractivity contribution in [1.29, 1.82) is 0 Å². The highest BCUT2D eigenvalue weighted by molar-refractivity contribution is 5.21. The Morgan fingerprint density at radius 3 is 2.50 bits per heavy atom. The van der Waals surface area contributed by atoms with E-state index in [2.05, 4.69) is 15.0 Å². The monoisotopic (exact) mass is 220 g/mol. The lowest BCUT2D eigenvalue weighted by atomic mass is 10.2. The summed E-state index contributed by atoms with van der Waals surface area (Å²) in [5.41, 5.74) is 5.72. The maximum absolute atomic E-state index is 5.72. The summed E-state index contributed by atoms with van der Waals surface area (Å²) in [4.78, 5) is 12.9. The molecule has 1 aromatic heterocycles. The van der Waals surface area contributed by atoms with E-state index in [1.807, 2.05) is 0 Å². The van der Waals surface area contributed by atoms with Gasteiger partial charge in [0.15, 0.2) is 5.82 Å². The molecule has 2 aliphatic carbocycles. The normalized spacial score (nSPS) is 22.1. The van der Waals surface area contributed by atoms with Crippen LogP contribution in [0.3, 0.4) is 0 Å². The second-order valence-corrected chi connectivity index (χ2v) is 4.68. The van der Waals surface area contributed by atoms with Crippen molar-refractivity contribution in [3.63, 3.8) is 0 Å². The molecular weight excluding hydrogens is 204 g/mol. The molecule has 0 amide bonds. The molecule has 2 saturated carbocycles. The molecule has 2 aliphatic rings. The van der Waals surface area contributed by atoms with Gasteiger partial charge >= 0.3 is 0 Å². The maximum atomic E-state index is 5.72. The number of hydrogen-bond acceptors (Lipinski definition) is 5. The van der Waals surface area contributed by atoms with E-state index in [0.717, 1.165) is 11.6 Å². The molecule has 0 radical (unpaired) electrons. The van der Waals surface area contributed by atoms with Crippen LogP contribution in [-0.2, 0) is 4.74 Å². The molecule has 0 aliphatic heterocycles. The third-order valence-electron chi connectivity index (χ3n) is 3.19. The van der Waals surface area contributed by atoms with E-state index in [1.165, 1.54) is 25.7 Å². The number of hydrogen-bond donors (Lipinski definition) is 1. The molecule has 1 aromatic rings. The van der Waals surface area contributed by atoms with Crippen LogP contribution in [0.1, 0.15) is 49.4 Å². The van der Waals surface area contributed by atoms with Crippen LogP contribution in [0.25, 0.3) is 0 Å². The smallest absolute Gasteiger partial charge is 0.223 e. The highest BCUT2D eigenvalue weighted by atomic mass is 16.5. The molecule has 2 N–H and O–H groups in total. The van der Waals surface area contributed by atoms with E-state index in [4.69, 9.17) is 10.5 Å². The Bertz CT molecular complexity index is 401. The summed E-state index contributed by atoms with van der Waals surface area (Å²) in [6.45, 7) is 0. The largest absolute Gasteiger partial charge is 0.373 e. The Hall–Kier alpha value is -1.23. The fourth-order valence-corrected chi connectivity index (χ4v) is 1.99. The Kier molecular flexibility index (Phi) is 2.28. The van der Waals surface area contributed by atoms with E-state index in [0.29, 0.717) is 17.8 Å². The van der Waals surface area contributed by atoms with Gasteiger partial charge in [-0.3, -0.25) is 0 Å². The third-order valence-corrected chi connectivity index (χ3v) is 3.19. The minimum Gasteiger partial charge on any atom is -0.373 e. The molecule has 16 heavy (non-hydrogen) atoms. The topological polar surface area (TPSA) is 73.9 Å². The van der Waals surface area contributed by atoms with Gasteiger partial charge in [-0.25, -0.2) is 4.98 Å². The molecule has 2 fully saturated rings. The predicted molar refractivity (Wildman–Crippen MR) is 58.7 cm³/mol. The van der Waals surface area contributed by atoms with Gasteiger partial charge in [-0.05, 0) is 31.6 Å². The SMILES string of the molecule is COC(c1nc(N)nc(C2CC2)n1)C1CC1. The Morgan fingerprint density at radius 2 is 1.94 bits per heavy atom. The minimum atomic E-state index is 0.00259. The van der Waals surface area contributed by atoms with E-state index in [9.17, 15) is 0 Å². The van der Waals surface area contributed by atoms with Crippen molar-refractivity contribution in [2.24, 2.45) is 5.92 Å². The number of methoxy groups -OCH3 is 1. The van der Waals surface area contributed by atoms with E-state index in [1.54, 1.807) is 7.11 Å². The molecule has 1 atom stereocenters. The number of rotatable bonds is 4. The minimum absolute atomic E-state index is 0.00259. The van der Waals surface area contributed by atoms with Crippen LogP contribution in [0, 0.1) is 5.92 Å². The molecule has 1 heterocycles. The van der Waals surface area contributed by atoms with Gasteiger partial charge in [0, 0.05) is 13.0 Å². The molecule has 5 nitrogen and oxygen atoms in total. The van der Waals surface area contributed by atoms with Gasteiger partial charge in [0.1, 0.15) is 11.9 Å². The van der Waals surface area contributed by atoms with Gasteiger partial charge < -0.3 is 10.5 Å². The van der Waals surface area contributed by atoms with Crippen LogP contribution < -0.4 is 5.73 Å². The molecule has 0 bridgehead atoms. The third kappa shape index (κ3) is 1.87. The summed E-state index contributed by atoms with van der Waals surface area (Å²) < 4.78 is 5.46. The number of ether oxygens (including phenoxy) is 1. The Morgan fingerprint density at radius 1 is 1.19 bits per heavy atom. The highest BCUT2D eigenvalue weighted by Crippen LogP contribution is 2.43. The lowest BCUT2D eigenvalue weighted by Crippen LogP contribution is -2.13. The second-order valence-electron chi connectivity index (χ2n) is 4.68. The summed E-state index contributed by atoms with van der Waals surface area (Å²) in [6.07, 6.45) is 4.74.